The molecule has 0 saturated heterocycles. The van der Waals surface area contributed by atoms with E-state index < -0.39 is 0 Å². The molecule has 0 unspecified atom stereocenters. The van der Waals surface area contributed by atoms with Crippen molar-refractivity contribution >= 4 is 11.6 Å². The number of allylic oxidation sites excluding steroid dienone is 1. The summed E-state index contributed by atoms with van der Waals surface area (Å²) < 4.78 is 0. The Balaban J connectivity index is 2.84. The van der Waals surface area contributed by atoms with Crippen molar-refractivity contribution in [3.05, 3.63) is 47.5 Å². The zero-order valence-corrected chi connectivity index (χ0v) is 6.36. The van der Waals surface area contributed by atoms with Crippen LogP contribution >= 0.6 is 11.6 Å². The molecule has 0 fully saturated rings. The minimum absolute atomic E-state index is 0.736. The number of hydrogen-bond acceptors (Lipinski definition) is 0. The average Bonchev–Trinajstić information content (AvgIpc) is 1.88. The molecule has 51 valence electrons. The van der Waals surface area contributed by atoms with Crippen LogP contribution in [0.2, 0.25) is 5.02 Å². The van der Waals surface area contributed by atoms with E-state index in [4.69, 9.17) is 11.6 Å². The van der Waals surface area contributed by atoms with Gasteiger partial charge in [-0.2, -0.15) is 0 Å². The molecule has 0 aliphatic carbocycles. The third-order valence-electron chi connectivity index (χ3n) is 1.19. The van der Waals surface area contributed by atoms with Crippen LogP contribution in [0.3, 0.4) is 0 Å². The van der Waals surface area contributed by atoms with Gasteiger partial charge in [-0.1, -0.05) is 23.7 Å². The number of hydrogen-bond donors (Lipinski definition) is 0. The van der Waals surface area contributed by atoms with Crippen molar-refractivity contribution in [2.75, 3.05) is 0 Å². The highest BCUT2D eigenvalue weighted by Crippen LogP contribution is 2.10. The smallest absolute Gasteiger partial charge is 0.0415 e. The van der Waals surface area contributed by atoms with Gasteiger partial charge in [0.15, 0.2) is 0 Å². The maximum Gasteiger partial charge on any atom is 0.0415 e. The van der Waals surface area contributed by atoms with Crippen molar-refractivity contribution in [1.82, 2.24) is 0 Å². The van der Waals surface area contributed by atoms with Crippen LogP contribution in [0.4, 0.5) is 0 Å². The zero-order valence-electron chi connectivity index (χ0n) is 5.60. The minimum Gasteiger partial charge on any atom is -0.103 e. The van der Waals surface area contributed by atoms with Crippen molar-refractivity contribution in [2.24, 2.45) is 0 Å². The quantitative estimate of drug-likeness (QED) is 0.571. The molecule has 1 radical (unpaired) electrons. The van der Waals surface area contributed by atoms with Crippen LogP contribution in [0.15, 0.2) is 30.9 Å². The summed E-state index contributed by atoms with van der Waals surface area (Å²) in [4.78, 5) is 0. The van der Waals surface area contributed by atoms with E-state index in [9.17, 15) is 0 Å². The van der Waals surface area contributed by atoms with Crippen LogP contribution in [-0.2, 0) is 6.42 Å². The first kappa shape index (κ1) is 7.36. The summed E-state index contributed by atoms with van der Waals surface area (Å²) in [6.07, 6.45) is 2.70. The van der Waals surface area contributed by atoms with Crippen LogP contribution in [0.5, 0.6) is 0 Å². The highest BCUT2D eigenvalue weighted by Gasteiger charge is 1.89. The molecule has 0 saturated carbocycles. The molecule has 0 aliphatic heterocycles. The van der Waals surface area contributed by atoms with Gasteiger partial charge in [0.05, 0.1) is 0 Å². The highest BCUT2D eigenvalue weighted by atomic mass is 35.5. The third-order valence-corrected chi connectivity index (χ3v) is 1.41. The van der Waals surface area contributed by atoms with Crippen LogP contribution in [0.25, 0.3) is 0 Å². The van der Waals surface area contributed by atoms with Crippen molar-refractivity contribution in [3.8, 4) is 0 Å². The predicted octanol–water partition coefficient (Wildman–Crippen LogP) is 2.87. The summed E-state index contributed by atoms with van der Waals surface area (Å²) in [5.41, 5.74) is 1.16. The Bertz CT molecular complexity index is 228. The topological polar surface area (TPSA) is 0 Å². The Morgan fingerprint density at radius 2 is 2.40 bits per heavy atom. The van der Waals surface area contributed by atoms with E-state index in [0.717, 1.165) is 17.0 Å². The molecule has 0 heterocycles. The Morgan fingerprint density at radius 1 is 1.60 bits per heavy atom. The largest absolute Gasteiger partial charge is 0.103 e. The van der Waals surface area contributed by atoms with Gasteiger partial charge in [0.2, 0.25) is 0 Å². The van der Waals surface area contributed by atoms with E-state index in [1.165, 1.54) is 0 Å². The molecule has 0 aromatic heterocycles. The molecule has 1 heteroatoms. The van der Waals surface area contributed by atoms with E-state index in [1.807, 2.05) is 18.2 Å². The minimum atomic E-state index is 0.736. The lowest BCUT2D eigenvalue weighted by Crippen LogP contribution is -1.78. The Labute approximate surface area is 66.1 Å². The molecule has 1 aromatic rings. The summed E-state index contributed by atoms with van der Waals surface area (Å²) in [5, 5.41) is 0.736. The molecule has 0 amide bonds. The Hall–Kier alpha value is -0.750. The maximum atomic E-state index is 5.72. The normalized spacial score (nSPS) is 9.30. The van der Waals surface area contributed by atoms with Gasteiger partial charge in [-0.3, -0.25) is 0 Å². The van der Waals surface area contributed by atoms with Gasteiger partial charge >= 0.3 is 0 Å². The van der Waals surface area contributed by atoms with Gasteiger partial charge in [-0.25, -0.2) is 0 Å². The molecule has 0 N–H and O–H groups in total. The second-order valence-electron chi connectivity index (χ2n) is 2.05. The second-order valence-corrected chi connectivity index (χ2v) is 2.49. The van der Waals surface area contributed by atoms with Crippen molar-refractivity contribution in [1.29, 1.82) is 0 Å². The lowest BCUT2D eigenvalue weighted by Gasteiger charge is -1.94. The highest BCUT2D eigenvalue weighted by molar-refractivity contribution is 6.30. The van der Waals surface area contributed by atoms with Crippen LogP contribution in [0, 0.1) is 6.07 Å². The van der Waals surface area contributed by atoms with Crippen LogP contribution in [0.1, 0.15) is 5.56 Å². The van der Waals surface area contributed by atoms with E-state index in [2.05, 4.69) is 12.6 Å². The molecule has 0 bridgehead atoms. The molecule has 0 spiro atoms. The van der Waals surface area contributed by atoms with Gasteiger partial charge in [-0.05, 0) is 30.2 Å². The van der Waals surface area contributed by atoms with E-state index in [0.29, 0.717) is 0 Å². The fourth-order valence-electron chi connectivity index (χ4n) is 0.773. The van der Waals surface area contributed by atoms with E-state index in [1.54, 1.807) is 6.07 Å². The lowest BCUT2D eigenvalue weighted by molar-refractivity contribution is 1.28. The van der Waals surface area contributed by atoms with Gasteiger partial charge in [0, 0.05) is 5.02 Å². The first-order valence-corrected chi connectivity index (χ1v) is 3.47. The van der Waals surface area contributed by atoms with Gasteiger partial charge in [0.1, 0.15) is 0 Å². The molecule has 0 atom stereocenters. The van der Waals surface area contributed by atoms with Crippen molar-refractivity contribution in [3.63, 3.8) is 0 Å². The SMILES string of the molecule is C=CCc1c[c]cc(Cl)c1. The molecular weight excluding hydrogens is 144 g/mol. The molecule has 1 aromatic carbocycles. The monoisotopic (exact) mass is 151 g/mol. The summed E-state index contributed by atoms with van der Waals surface area (Å²) >= 11 is 5.72. The first-order chi connectivity index (χ1) is 4.83. The molecular formula is C9H8Cl. The Morgan fingerprint density at radius 3 is 3.00 bits per heavy atom. The molecule has 0 aliphatic rings. The number of rotatable bonds is 2. The summed E-state index contributed by atoms with van der Waals surface area (Å²) in [7, 11) is 0. The fraction of sp³-hybridized carbons (Fsp3) is 0.111. The number of halogens is 1. The van der Waals surface area contributed by atoms with E-state index in [-0.39, 0.29) is 0 Å². The van der Waals surface area contributed by atoms with Crippen LogP contribution < -0.4 is 0 Å². The average molecular weight is 152 g/mol. The Kier molecular flexibility index (Phi) is 2.52. The summed E-state index contributed by atoms with van der Waals surface area (Å²) in [5.74, 6) is 0. The lowest BCUT2D eigenvalue weighted by atomic mass is 10.2. The molecule has 0 nitrogen and oxygen atoms in total. The van der Waals surface area contributed by atoms with Gasteiger partial charge < -0.3 is 0 Å². The number of benzene rings is 1. The first-order valence-electron chi connectivity index (χ1n) is 3.09. The van der Waals surface area contributed by atoms with E-state index >= 15 is 0 Å². The standard InChI is InChI=1S/C9H8Cl/c1-2-4-8-5-3-6-9(10)7-8/h2,5-7H,1,4H2. The van der Waals surface area contributed by atoms with Gasteiger partial charge in [-0.15, -0.1) is 6.58 Å². The maximum absolute atomic E-state index is 5.72. The fourth-order valence-corrected chi connectivity index (χ4v) is 0.976. The van der Waals surface area contributed by atoms with Crippen LogP contribution in [-0.4, -0.2) is 0 Å². The van der Waals surface area contributed by atoms with Gasteiger partial charge in [0.25, 0.3) is 0 Å². The summed E-state index contributed by atoms with van der Waals surface area (Å²) in [6, 6.07) is 8.51. The molecule has 1 rings (SSSR count). The van der Waals surface area contributed by atoms with Crippen molar-refractivity contribution < 1.29 is 0 Å². The van der Waals surface area contributed by atoms with Crippen molar-refractivity contribution in [2.45, 2.75) is 6.42 Å². The predicted molar refractivity (Wildman–Crippen MR) is 44.2 cm³/mol. The zero-order chi connectivity index (χ0) is 7.40. The molecule has 10 heavy (non-hydrogen) atoms. The third kappa shape index (κ3) is 1.89. The second kappa shape index (κ2) is 3.43. The summed E-state index contributed by atoms with van der Waals surface area (Å²) in [6.45, 7) is 3.63.